The summed E-state index contributed by atoms with van der Waals surface area (Å²) < 4.78 is 7.97. The van der Waals surface area contributed by atoms with E-state index < -0.39 is 0 Å². The highest BCUT2D eigenvalue weighted by molar-refractivity contribution is 6.20. The number of nitrogens with zero attached hydrogens (tertiary/aromatic N) is 2. The minimum Gasteiger partial charge on any atom is -0.378 e. The molecule has 0 spiro atoms. The zero-order valence-corrected chi connectivity index (χ0v) is 13.0. The lowest BCUT2D eigenvalue weighted by Gasteiger charge is -2.18. The molecule has 1 aromatic carbocycles. The van der Waals surface area contributed by atoms with Gasteiger partial charge in [-0.1, -0.05) is 6.07 Å². The molecule has 0 bridgehead atoms. The third kappa shape index (κ3) is 2.45. The smallest absolute Gasteiger partial charge is 0.127 e. The normalized spacial score (nSPS) is 24.4. The van der Waals surface area contributed by atoms with Crippen molar-refractivity contribution in [2.24, 2.45) is 5.92 Å². The summed E-state index contributed by atoms with van der Waals surface area (Å²) in [6, 6.07) is 6.38. The maximum absolute atomic E-state index is 6.33. The molecule has 2 aromatic rings. The van der Waals surface area contributed by atoms with Crippen LogP contribution < -0.4 is 0 Å². The summed E-state index contributed by atoms with van der Waals surface area (Å²) in [4.78, 5) is 4.71. The van der Waals surface area contributed by atoms with E-state index in [-0.39, 0.29) is 5.38 Å². The van der Waals surface area contributed by atoms with Gasteiger partial charge < -0.3 is 9.30 Å². The topological polar surface area (TPSA) is 27.1 Å². The molecule has 3 rings (SSSR count). The molecular formula is C16H21ClN2O. The zero-order valence-electron chi connectivity index (χ0n) is 12.3. The zero-order chi connectivity index (χ0) is 14.3. The first kappa shape index (κ1) is 13.9. The molecular weight excluding hydrogens is 272 g/mol. The largest absolute Gasteiger partial charge is 0.378 e. The molecule has 20 heavy (non-hydrogen) atoms. The Bertz CT molecular complexity index is 620. The highest BCUT2D eigenvalue weighted by Crippen LogP contribution is 2.29. The SMILES string of the molecule is Cc1ccc2nc(C(C)Cl)n(CC3CCOC3C)c2c1. The van der Waals surface area contributed by atoms with Crippen LogP contribution in [0.4, 0.5) is 0 Å². The molecule has 1 aliphatic rings. The van der Waals surface area contributed by atoms with Crippen LogP contribution in [0.5, 0.6) is 0 Å². The van der Waals surface area contributed by atoms with Gasteiger partial charge in [0, 0.05) is 19.1 Å². The van der Waals surface area contributed by atoms with Gasteiger partial charge in [-0.15, -0.1) is 11.6 Å². The molecule has 3 unspecified atom stereocenters. The van der Waals surface area contributed by atoms with Crippen molar-refractivity contribution in [1.82, 2.24) is 9.55 Å². The van der Waals surface area contributed by atoms with Crippen molar-refractivity contribution in [3.05, 3.63) is 29.6 Å². The van der Waals surface area contributed by atoms with Crippen LogP contribution in [0.3, 0.4) is 0 Å². The van der Waals surface area contributed by atoms with Crippen molar-refractivity contribution in [3.8, 4) is 0 Å². The average molecular weight is 293 g/mol. The van der Waals surface area contributed by atoms with Gasteiger partial charge in [-0.3, -0.25) is 0 Å². The first-order valence-corrected chi connectivity index (χ1v) is 7.72. The van der Waals surface area contributed by atoms with E-state index in [2.05, 4.69) is 36.6 Å². The van der Waals surface area contributed by atoms with Crippen molar-refractivity contribution in [2.75, 3.05) is 6.61 Å². The predicted molar refractivity (Wildman–Crippen MR) is 82.3 cm³/mol. The lowest BCUT2D eigenvalue weighted by molar-refractivity contribution is 0.102. The van der Waals surface area contributed by atoms with E-state index in [1.165, 1.54) is 11.1 Å². The second-order valence-electron chi connectivity index (χ2n) is 5.81. The summed E-state index contributed by atoms with van der Waals surface area (Å²) in [6.45, 7) is 8.06. The summed E-state index contributed by atoms with van der Waals surface area (Å²) in [7, 11) is 0. The van der Waals surface area contributed by atoms with Crippen molar-refractivity contribution in [2.45, 2.75) is 45.2 Å². The Labute approximate surface area is 124 Å². The molecule has 1 aliphatic heterocycles. The molecule has 1 saturated heterocycles. The summed E-state index contributed by atoms with van der Waals surface area (Å²) in [5.74, 6) is 1.51. The van der Waals surface area contributed by atoms with Gasteiger partial charge in [0.15, 0.2) is 0 Å². The van der Waals surface area contributed by atoms with Gasteiger partial charge in [-0.2, -0.15) is 0 Å². The average Bonchev–Trinajstić information content (AvgIpc) is 2.95. The first-order chi connectivity index (χ1) is 9.56. The molecule has 0 amide bonds. The van der Waals surface area contributed by atoms with Gasteiger partial charge in [0.05, 0.1) is 22.5 Å². The number of imidazole rings is 1. The fourth-order valence-electron chi connectivity index (χ4n) is 3.00. The van der Waals surface area contributed by atoms with Crippen molar-refractivity contribution in [3.63, 3.8) is 0 Å². The third-order valence-electron chi connectivity index (χ3n) is 4.24. The van der Waals surface area contributed by atoms with Gasteiger partial charge in [-0.25, -0.2) is 4.98 Å². The number of hydrogen-bond donors (Lipinski definition) is 0. The molecule has 4 heteroatoms. The minimum absolute atomic E-state index is 0.0830. The van der Waals surface area contributed by atoms with Gasteiger partial charge in [0.25, 0.3) is 0 Å². The number of ether oxygens (including phenoxy) is 1. The summed E-state index contributed by atoms with van der Waals surface area (Å²) >= 11 is 6.33. The maximum atomic E-state index is 6.33. The lowest BCUT2D eigenvalue weighted by atomic mass is 10.0. The number of aryl methyl sites for hydroxylation is 1. The van der Waals surface area contributed by atoms with Crippen molar-refractivity contribution < 1.29 is 4.74 Å². The molecule has 3 nitrogen and oxygen atoms in total. The standard InChI is InChI=1S/C16H21ClN2O/c1-10-4-5-14-15(8-10)19(16(18-14)11(2)17)9-13-6-7-20-12(13)3/h4-5,8,11-13H,6-7,9H2,1-3H3. The van der Waals surface area contributed by atoms with Crippen molar-refractivity contribution >= 4 is 22.6 Å². The second-order valence-corrected chi connectivity index (χ2v) is 6.47. The summed E-state index contributed by atoms with van der Waals surface area (Å²) in [5, 5.41) is -0.0830. The number of aromatic nitrogens is 2. The molecule has 3 atom stereocenters. The van der Waals surface area contributed by atoms with Crippen LogP contribution >= 0.6 is 11.6 Å². The molecule has 108 valence electrons. The first-order valence-electron chi connectivity index (χ1n) is 7.28. The van der Waals surface area contributed by atoms with Crippen LogP contribution in [0.1, 0.15) is 37.0 Å². The molecule has 1 fully saturated rings. The molecule has 0 aliphatic carbocycles. The fourth-order valence-corrected chi connectivity index (χ4v) is 3.16. The van der Waals surface area contributed by atoms with E-state index in [1.54, 1.807) is 0 Å². The minimum atomic E-state index is -0.0830. The predicted octanol–water partition coefficient (Wildman–Crippen LogP) is 4.07. The molecule has 0 radical (unpaired) electrons. The van der Waals surface area contributed by atoms with E-state index in [0.29, 0.717) is 12.0 Å². The Morgan fingerprint density at radius 2 is 2.30 bits per heavy atom. The number of rotatable bonds is 3. The Hall–Kier alpha value is -1.06. The van der Waals surface area contributed by atoms with E-state index in [9.17, 15) is 0 Å². The van der Waals surface area contributed by atoms with E-state index in [0.717, 1.165) is 30.9 Å². The highest BCUT2D eigenvalue weighted by atomic mass is 35.5. The van der Waals surface area contributed by atoms with E-state index in [4.69, 9.17) is 21.3 Å². The quantitative estimate of drug-likeness (QED) is 0.797. The maximum Gasteiger partial charge on any atom is 0.127 e. The van der Waals surface area contributed by atoms with Crippen LogP contribution in [0.25, 0.3) is 11.0 Å². The Morgan fingerprint density at radius 3 is 2.95 bits per heavy atom. The highest BCUT2D eigenvalue weighted by Gasteiger charge is 2.26. The summed E-state index contributed by atoms with van der Waals surface area (Å²) in [5.41, 5.74) is 3.47. The fraction of sp³-hybridized carbons (Fsp3) is 0.562. The van der Waals surface area contributed by atoms with E-state index >= 15 is 0 Å². The molecule has 1 aromatic heterocycles. The lowest BCUT2D eigenvalue weighted by Crippen LogP contribution is -2.19. The monoisotopic (exact) mass is 292 g/mol. The van der Waals surface area contributed by atoms with E-state index in [1.807, 2.05) is 6.92 Å². The van der Waals surface area contributed by atoms with Crippen LogP contribution in [0.2, 0.25) is 0 Å². The number of fused-ring (bicyclic) bond motifs is 1. The van der Waals surface area contributed by atoms with Gasteiger partial charge in [0.2, 0.25) is 0 Å². The second kappa shape index (κ2) is 5.38. The molecule has 0 N–H and O–H groups in total. The Balaban J connectivity index is 2.05. The Morgan fingerprint density at radius 1 is 1.50 bits per heavy atom. The number of alkyl halides is 1. The summed E-state index contributed by atoms with van der Waals surface area (Å²) in [6.07, 6.45) is 1.43. The third-order valence-corrected chi connectivity index (χ3v) is 4.43. The van der Waals surface area contributed by atoms with Crippen LogP contribution in [-0.2, 0) is 11.3 Å². The molecule has 0 saturated carbocycles. The van der Waals surface area contributed by atoms with Crippen molar-refractivity contribution in [1.29, 1.82) is 0 Å². The Kier molecular flexibility index (Phi) is 3.74. The van der Waals surface area contributed by atoms with Gasteiger partial charge in [-0.05, 0) is 44.9 Å². The number of hydrogen-bond acceptors (Lipinski definition) is 2. The van der Waals surface area contributed by atoms with Crippen LogP contribution in [0, 0.1) is 12.8 Å². The van der Waals surface area contributed by atoms with Crippen LogP contribution in [0.15, 0.2) is 18.2 Å². The van der Waals surface area contributed by atoms with Gasteiger partial charge >= 0.3 is 0 Å². The molecule has 2 heterocycles. The van der Waals surface area contributed by atoms with Gasteiger partial charge in [0.1, 0.15) is 5.82 Å². The van der Waals surface area contributed by atoms with Crippen LogP contribution in [-0.4, -0.2) is 22.3 Å². The number of benzene rings is 1. The number of halogens is 1.